The van der Waals surface area contributed by atoms with E-state index in [0.29, 0.717) is 17.9 Å². The Morgan fingerprint density at radius 1 is 0.897 bits per heavy atom. The second kappa shape index (κ2) is 8.84. The molecule has 0 bridgehead atoms. The minimum Gasteiger partial charge on any atom is -0.457 e. The summed E-state index contributed by atoms with van der Waals surface area (Å²) in [6, 6.07) is 24.3. The third-order valence-corrected chi connectivity index (χ3v) is 4.30. The number of para-hydroxylation sites is 2. The molecule has 0 aliphatic heterocycles. The molecule has 0 atom stereocenters. The predicted molar refractivity (Wildman–Crippen MR) is 108 cm³/mol. The minimum absolute atomic E-state index is 0.128. The van der Waals surface area contributed by atoms with Crippen molar-refractivity contribution >= 4 is 5.97 Å². The number of aromatic nitrogens is 3. The third kappa shape index (κ3) is 4.87. The topological polar surface area (TPSA) is 66.2 Å². The van der Waals surface area contributed by atoms with Crippen LogP contribution in [0.25, 0.3) is 0 Å². The molecule has 0 radical (unpaired) electrons. The molecule has 0 N–H and O–H groups in total. The van der Waals surface area contributed by atoms with Gasteiger partial charge in [-0.2, -0.15) is 5.10 Å². The molecule has 0 aliphatic carbocycles. The molecule has 0 fully saturated rings. The maximum absolute atomic E-state index is 12.4. The maximum Gasteiger partial charge on any atom is 0.338 e. The van der Waals surface area contributed by atoms with Crippen molar-refractivity contribution in [1.82, 2.24) is 14.8 Å². The molecular formula is C23H19N3O3. The van der Waals surface area contributed by atoms with Crippen LogP contribution in [0.15, 0.2) is 91.5 Å². The number of ether oxygens (including phenoxy) is 2. The van der Waals surface area contributed by atoms with Crippen LogP contribution in [0, 0.1) is 0 Å². The average molecular weight is 385 g/mol. The second-order valence-electron chi connectivity index (χ2n) is 6.39. The first-order chi connectivity index (χ1) is 14.3. The summed E-state index contributed by atoms with van der Waals surface area (Å²) in [5, 5.41) is 4.07. The van der Waals surface area contributed by atoms with Crippen LogP contribution in [0.2, 0.25) is 0 Å². The molecule has 3 aromatic carbocycles. The van der Waals surface area contributed by atoms with E-state index in [1.54, 1.807) is 23.1 Å². The van der Waals surface area contributed by atoms with E-state index in [9.17, 15) is 4.79 Å². The molecule has 1 heterocycles. The summed E-state index contributed by atoms with van der Waals surface area (Å²) in [6.07, 6.45) is 3.14. The van der Waals surface area contributed by atoms with Gasteiger partial charge in [0.05, 0.1) is 12.1 Å². The summed E-state index contributed by atoms with van der Waals surface area (Å²) in [4.78, 5) is 16.3. The number of carbonyl (C=O) groups is 1. The van der Waals surface area contributed by atoms with Crippen LogP contribution >= 0.6 is 0 Å². The van der Waals surface area contributed by atoms with Crippen LogP contribution in [0.1, 0.15) is 21.5 Å². The Balaban J connectivity index is 1.38. The summed E-state index contributed by atoms with van der Waals surface area (Å²) in [5.74, 6) is 1.01. The van der Waals surface area contributed by atoms with E-state index in [2.05, 4.69) is 10.1 Å². The summed E-state index contributed by atoms with van der Waals surface area (Å²) < 4.78 is 13.1. The lowest BCUT2D eigenvalue weighted by molar-refractivity contribution is 0.0471. The van der Waals surface area contributed by atoms with Gasteiger partial charge in [-0.3, -0.25) is 0 Å². The van der Waals surface area contributed by atoms with Gasteiger partial charge in [-0.1, -0.05) is 48.5 Å². The van der Waals surface area contributed by atoms with E-state index in [1.807, 2.05) is 66.7 Å². The normalized spacial score (nSPS) is 10.5. The number of rotatable bonds is 7. The van der Waals surface area contributed by atoms with Gasteiger partial charge < -0.3 is 9.47 Å². The molecule has 0 saturated carbocycles. The van der Waals surface area contributed by atoms with Gasteiger partial charge >= 0.3 is 5.97 Å². The highest BCUT2D eigenvalue weighted by atomic mass is 16.5. The fraction of sp³-hybridized carbons (Fsp3) is 0.0870. The molecule has 0 unspecified atom stereocenters. The number of hydrogen-bond donors (Lipinski definition) is 0. The van der Waals surface area contributed by atoms with E-state index in [4.69, 9.17) is 9.47 Å². The largest absolute Gasteiger partial charge is 0.457 e. The fourth-order valence-electron chi connectivity index (χ4n) is 2.81. The van der Waals surface area contributed by atoms with Gasteiger partial charge in [0.25, 0.3) is 0 Å². The molecule has 0 spiro atoms. The van der Waals surface area contributed by atoms with Crippen molar-refractivity contribution in [2.45, 2.75) is 13.2 Å². The van der Waals surface area contributed by atoms with Crippen molar-refractivity contribution in [3.8, 4) is 11.5 Å². The van der Waals surface area contributed by atoms with Crippen LogP contribution in [-0.2, 0) is 17.9 Å². The van der Waals surface area contributed by atoms with Crippen LogP contribution in [0.5, 0.6) is 11.5 Å². The zero-order valence-electron chi connectivity index (χ0n) is 15.6. The molecule has 4 rings (SSSR count). The van der Waals surface area contributed by atoms with Gasteiger partial charge in [0, 0.05) is 5.56 Å². The van der Waals surface area contributed by atoms with Gasteiger partial charge in [0.2, 0.25) is 0 Å². The first-order valence-electron chi connectivity index (χ1n) is 9.17. The monoisotopic (exact) mass is 385 g/mol. The number of benzene rings is 3. The van der Waals surface area contributed by atoms with Gasteiger partial charge in [-0.15, -0.1) is 0 Å². The molecule has 0 saturated heterocycles. The number of hydrogen-bond acceptors (Lipinski definition) is 5. The Kier molecular flexibility index (Phi) is 5.62. The van der Waals surface area contributed by atoms with E-state index >= 15 is 0 Å². The van der Waals surface area contributed by atoms with E-state index in [-0.39, 0.29) is 12.6 Å². The Hall–Kier alpha value is -3.93. The first-order valence-corrected chi connectivity index (χ1v) is 9.17. The predicted octanol–water partition coefficient (Wildman–Crippen LogP) is 4.48. The molecule has 0 aliphatic rings. The second-order valence-corrected chi connectivity index (χ2v) is 6.39. The van der Waals surface area contributed by atoms with Crippen LogP contribution in [-0.4, -0.2) is 20.7 Å². The highest BCUT2D eigenvalue weighted by Gasteiger charge is 2.10. The first kappa shape index (κ1) is 18.4. The quantitative estimate of drug-likeness (QED) is 0.439. The summed E-state index contributed by atoms with van der Waals surface area (Å²) in [7, 11) is 0. The Bertz CT molecular complexity index is 1060. The van der Waals surface area contributed by atoms with E-state index in [1.165, 1.54) is 6.33 Å². The number of esters is 1. The third-order valence-electron chi connectivity index (χ3n) is 4.30. The highest BCUT2D eigenvalue weighted by molar-refractivity contribution is 5.89. The van der Waals surface area contributed by atoms with Crippen molar-refractivity contribution < 1.29 is 14.3 Å². The Morgan fingerprint density at radius 2 is 1.66 bits per heavy atom. The zero-order chi connectivity index (χ0) is 19.9. The van der Waals surface area contributed by atoms with E-state index < -0.39 is 0 Å². The van der Waals surface area contributed by atoms with Gasteiger partial charge in [-0.05, 0) is 35.9 Å². The number of nitrogens with zero attached hydrogens (tertiary/aromatic N) is 3. The summed E-state index contributed by atoms with van der Waals surface area (Å²) in [5.41, 5.74) is 2.31. The van der Waals surface area contributed by atoms with Gasteiger partial charge in [0.1, 0.15) is 30.8 Å². The smallest absolute Gasteiger partial charge is 0.338 e. The van der Waals surface area contributed by atoms with Crippen molar-refractivity contribution in [1.29, 1.82) is 0 Å². The molecular weight excluding hydrogens is 366 g/mol. The van der Waals surface area contributed by atoms with Crippen molar-refractivity contribution in [3.05, 3.63) is 108 Å². The number of carbonyl (C=O) groups excluding carboxylic acids is 1. The molecule has 6 heteroatoms. The molecule has 1 aromatic heterocycles. The van der Waals surface area contributed by atoms with Crippen LogP contribution in [0.3, 0.4) is 0 Å². The highest BCUT2D eigenvalue weighted by Crippen LogP contribution is 2.25. The van der Waals surface area contributed by atoms with Crippen molar-refractivity contribution in [3.63, 3.8) is 0 Å². The summed E-state index contributed by atoms with van der Waals surface area (Å²) >= 11 is 0. The lowest BCUT2D eigenvalue weighted by atomic mass is 10.1. The van der Waals surface area contributed by atoms with Crippen LogP contribution in [0.4, 0.5) is 0 Å². The molecule has 144 valence electrons. The van der Waals surface area contributed by atoms with E-state index in [0.717, 1.165) is 16.9 Å². The van der Waals surface area contributed by atoms with Crippen molar-refractivity contribution in [2.24, 2.45) is 0 Å². The average Bonchev–Trinajstić information content (AvgIpc) is 3.27. The lowest BCUT2D eigenvalue weighted by Gasteiger charge is -2.12. The summed E-state index contributed by atoms with van der Waals surface area (Å²) in [6.45, 7) is 0.724. The van der Waals surface area contributed by atoms with Gasteiger partial charge in [0.15, 0.2) is 0 Å². The molecule has 29 heavy (non-hydrogen) atoms. The van der Waals surface area contributed by atoms with Crippen molar-refractivity contribution in [2.75, 3.05) is 0 Å². The SMILES string of the molecule is O=C(OCc1ccccc1Oc1ccccc1)c1ccc(Cn2cncn2)cc1. The molecule has 6 nitrogen and oxygen atoms in total. The van der Waals surface area contributed by atoms with Crippen LogP contribution < -0.4 is 4.74 Å². The zero-order valence-corrected chi connectivity index (χ0v) is 15.6. The minimum atomic E-state index is -0.383. The Morgan fingerprint density at radius 3 is 2.41 bits per heavy atom. The molecule has 0 amide bonds. The maximum atomic E-state index is 12.4. The lowest BCUT2D eigenvalue weighted by Crippen LogP contribution is -2.06. The standard InChI is InChI=1S/C23H19N3O3/c27-23(19-12-10-18(11-13-19)14-26-17-24-16-25-26)28-15-20-6-4-5-9-22(20)29-21-7-2-1-3-8-21/h1-13,16-17H,14-15H2. The fourth-order valence-corrected chi connectivity index (χ4v) is 2.81. The molecule has 4 aromatic rings. The van der Waals surface area contributed by atoms with Gasteiger partial charge in [-0.25, -0.2) is 14.5 Å². The Labute approximate surface area is 168 Å².